The van der Waals surface area contributed by atoms with Gasteiger partial charge in [0.05, 0.1) is 30.6 Å². The number of nitrogens with zero attached hydrogens (tertiary/aromatic N) is 2. The summed E-state index contributed by atoms with van der Waals surface area (Å²) in [5.74, 6) is 0. The Balaban J connectivity index is 2.90. The van der Waals surface area contributed by atoms with Gasteiger partial charge >= 0.3 is 0 Å². The van der Waals surface area contributed by atoms with E-state index in [9.17, 15) is 8.42 Å². The van der Waals surface area contributed by atoms with Crippen LogP contribution in [0.4, 0.5) is 0 Å². The van der Waals surface area contributed by atoms with Crippen molar-refractivity contribution < 1.29 is 13.2 Å². The smallest absolute Gasteiger partial charge is 0.264 e. The number of hydrogen-bond acceptors (Lipinski definition) is 4. The second kappa shape index (κ2) is 5.37. The van der Waals surface area contributed by atoms with Gasteiger partial charge in [0.25, 0.3) is 9.05 Å². The Hall–Kier alpha value is -0.590. The zero-order chi connectivity index (χ0) is 13.2. The van der Waals surface area contributed by atoms with Crippen molar-refractivity contribution in [2.45, 2.75) is 45.2 Å². The number of halogens is 1. The van der Waals surface area contributed by atoms with Crippen molar-refractivity contribution in [3.8, 4) is 0 Å². The van der Waals surface area contributed by atoms with Crippen LogP contribution in [0.3, 0.4) is 0 Å². The number of rotatable bonds is 5. The van der Waals surface area contributed by atoms with Gasteiger partial charge in [-0.15, -0.1) is 0 Å². The maximum absolute atomic E-state index is 11.4. The molecule has 0 radical (unpaired) electrons. The quantitative estimate of drug-likeness (QED) is 0.773. The molecule has 0 aliphatic carbocycles. The second-order valence-electron chi connectivity index (χ2n) is 4.08. The topological polar surface area (TPSA) is 61.2 Å². The van der Waals surface area contributed by atoms with Gasteiger partial charge in [-0.2, -0.15) is 5.10 Å². The molecule has 1 aromatic rings. The standard InChI is InChI=1S/C10H17ClN2O3S/c1-7(2)16-6-5-13-9(4)10(8(3)12-13)17(11,14)15/h7H,5-6H2,1-4H3. The van der Waals surface area contributed by atoms with Crippen LogP contribution in [0.1, 0.15) is 25.2 Å². The largest absolute Gasteiger partial charge is 0.377 e. The van der Waals surface area contributed by atoms with Crippen molar-refractivity contribution in [3.05, 3.63) is 11.4 Å². The van der Waals surface area contributed by atoms with Gasteiger partial charge in [-0.05, 0) is 27.7 Å². The molecule has 0 aliphatic rings. The van der Waals surface area contributed by atoms with Crippen molar-refractivity contribution in [1.82, 2.24) is 9.78 Å². The molecule has 0 amide bonds. The van der Waals surface area contributed by atoms with Crippen molar-refractivity contribution >= 4 is 19.7 Å². The lowest BCUT2D eigenvalue weighted by atomic mass is 10.4. The second-order valence-corrected chi connectivity index (χ2v) is 6.58. The Morgan fingerprint density at radius 2 is 2.00 bits per heavy atom. The SMILES string of the molecule is Cc1nn(CCOC(C)C)c(C)c1S(=O)(=O)Cl. The predicted octanol–water partition coefficient (Wildman–Crippen LogP) is 1.85. The third-order valence-corrected chi connectivity index (χ3v) is 3.85. The zero-order valence-electron chi connectivity index (χ0n) is 10.4. The third kappa shape index (κ3) is 3.69. The van der Waals surface area contributed by atoms with Crippen LogP contribution >= 0.6 is 10.7 Å². The average Bonchev–Trinajstić information content (AvgIpc) is 2.40. The number of hydrogen-bond donors (Lipinski definition) is 0. The van der Waals surface area contributed by atoms with Crippen LogP contribution in [-0.2, 0) is 20.3 Å². The fourth-order valence-electron chi connectivity index (χ4n) is 1.63. The number of ether oxygens (including phenoxy) is 1. The van der Waals surface area contributed by atoms with Gasteiger partial charge in [-0.1, -0.05) is 0 Å². The molecule has 1 heterocycles. The van der Waals surface area contributed by atoms with E-state index in [4.69, 9.17) is 15.4 Å². The molecule has 17 heavy (non-hydrogen) atoms. The minimum Gasteiger partial charge on any atom is -0.377 e. The number of aromatic nitrogens is 2. The van der Waals surface area contributed by atoms with E-state index in [-0.39, 0.29) is 11.0 Å². The summed E-state index contributed by atoms with van der Waals surface area (Å²) in [5, 5.41) is 4.15. The first-order valence-corrected chi connectivity index (χ1v) is 7.64. The van der Waals surface area contributed by atoms with Gasteiger partial charge in [0.2, 0.25) is 0 Å². The molecule has 0 atom stereocenters. The van der Waals surface area contributed by atoms with E-state index in [1.807, 2.05) is 13.8 Å². The minimum absolute atomic E-state index is 0.101. The van der Waals surface area contributed by atoms with Crippen LogP contribution in [-0.4, -0.2) is 30.9 Å². The van der Waals surface area contributed by atoms with E-state index >= 15 is 0 Å². The Kier molecular flexibility index (Phi) is 4.57. The van der Waals surface area contributed by atoms with Crippen LogP contribution in [0.15, 0.2) is 4.90 Å². The molecule has 0 saturated heterocycles. The highest BCUT2D eigenvalue weighted by Gasteiger charge is 2.22. The zero-order valence-corrected chi connectivity index (χ0v) is 12.0. The molecule has 1 rings (SSSR count). The van der Waals surface area contributed by atoms with E-state index in [0.29, 0.717) is 24.5 Å². The summed E-state index contributed by atoms with van der Waals surface area (Å²) in [6.45, 7) is 8.19. The maximum Gasteiger partial charge on any atom is 0.264 e. The molecule has 0 spiro atoms. The summed E-state index contributed by atoms with van der Waals surface area (Å²) in [6.07, 6.45) is 0.142. The Morgan fingerprint density at radius 3 is 2.41 bits per heavy atom. The molecule has 7 heteroatoms. The molecule has 0 fully saturated rings. The Labute approximate surface area is 106 Å². The van der Waals surface area contributed by atoms with Crippen LogP contribution < -0.4 is 0 Å². The van der Waals surface area contributed by atoms with Gasteiger partial charge in [-0.3, -0.25) is 4.68 Å². The summed E-state index contributed by atoms with van der Waals surface area (Å²) in [6, 6.07) is 0. The third-order valence-electron chi connectivity index (χ3n) is 2.31. The highest BCUT2D eigenvalue weighted by atomic mass is 35.7. The van der Waals surface area contributed by atoms with Crippen molar-refractivity contribution in [1.29, 1.82) is 0 Å². The fraction of sp³-hybridized carbons (Fsp3) is 0.700. The summed E-state index contributed by atoms with van der Waals surface area (Å²) in [7, 11) is 1.62. The van der Waals surface area contributed by atoms with Gasteiger partial charge in [0, 0.05) is 10.7 Å². The van der Waals surface area contributed by atoms with E-state index in [0.717, 1.165) is 0 Å². The molecule has 0 saturated carbocycles. The molecule has 0 aliphatic heterocycles. The first-order chi connectivity index (χ1) is 7.73. The summed E-state index contributed by atoms with van der Waals surface area (Å²) < 4.78 is 29.7. The lowest BCUT2D eigenvalue weighted by Crippen LogP contribution is -2.12. The maximum atomic E-state index is 11.4. The van der Waals surface area contributed by atoms with Crippen molar-refractivity contribution in [3.63, 3.8) is 0 Å². The van der Waals surface area contributed by atoms with Crippen LogP contribution in [0.2, 0.25) is 0 Å². The van der Waals surface area contributed by atoms with Gasteiger partial charge < -0.3 is 4.74 Å². The monoisotopic (exact) mass is 280 g/mol. The average molecular weight is 281 g/mol. The van der Waals surface area contributed by atoms with E-state index in [2.05, 4.69) is 5.10 Å². The molecule has 0 bridgehead atoms. The fourth-order valence-corrected chi connectivity index (χ4v) is 3.15. The summed E-state index contributed by atoms with van der Waals surface area (Å²) in [4.78, 5) is 0.101. The van der Waals surface area contributed by atoms with Crippen molar-refractivity contribution in [2.24, 2.45) is 0 Å². The van der Waals surface area contributed by atoms with E-state index < -0.39 is 9.05 Å². The van der Waals surface area contributed by atoms with E-state index in [1.54, 1.807) is 18.5 Å². The van der Waals surface area contributed by atoms with Crippen LogP contribution in [0.25, 0.3) is 0 Å². The molecule has 0 N–H and O–H groups in total. The molecular formula is C10H17ClN2O3S. The normalized spacial score (nSPS) is 12.4. The first kappa shape index (κ1) is 14.5. The van der Waals surface area contributed by atoms with Gasteiger partial charge in [0.1, 0.15) is 4.90 Å². The molecular weight excluding hydrogens is 264 g/mol. The summed E-state index contributed by atoms with van der Waals surface area (Å²) >= 11 is 0. The number of aryl methyl sites for hydroxylation is 1. The van der Waals surface area contributed by atoms with Crippen LogP contribution in [0.5, 0.6) is 0 Å². The lowest BCUT2D eigenvalue weighted by molar-refractivity contribution is 0.0706. The molecule has 1 aromatic heterocycles. The highest BCUT2D eigenvalue weighted by molar-refractivity contribution is 8.13. The Bertz CT molecular complexity index is 494. The summed E-state index contributed by atoms with van der Waals surface area (Å²) in [5.41, 5.74) is 0.965. The lowest BCUT2D eigenvalue weighted by Gasteiger charge is -2.08. The first-order valence-electron chi connectivity index (χ1n) is 5.33. The molecule has 0 aromatic carbocycles. The minimum atomic E-state index is -3.74. The predicted molar refractivity (Wildman–Crippen MR) is 65.8 cm³/mol. The van der Waals surface area contributed by atoms with Crippen molar-refractivity contribution in [2.75, 3.05) is 6.61 Å². The highest BCUT2D eigenvalue weighted by Crippen LogP contribution is 2.22. The molecule has 5 nitrogen and oxygen atoms in total. The van der Waals surface area contributed by atoms with Gasteiger partial charge in [-0.25, -0.2) is 8.42 Å². The van der Waals surface area contributed by atoms with Crippen LogP contribution in [0, 0.1) is 13.8 Å². The van der Waals surface area contributed by atoms with E-state index in [1.165, 1.54) is 0 Å². The molecule has 98 valence electrons. The van der Waals surface area contributed by atoms with Gasteiger partial charge in [0.15, 0.2) is 0 Å². The Morgan fingerprint density at radius 1 is 1.41 bits per heavy atom. The molecule has 0 unspecified atom stereocenters.